The highest BCUT2D eigenvalue weighted by molar-refractivity contribution is 5.27. The smallest absolute Gasteiger partial charge is 0.137 e. The van der Waals surface area contributed by atoms with E-state index in [1.54, 1.807) is 0 Å². The summed E-state index contributed by atoms with van der Waals surface area (Å²) in [6, 6.07) is 8.12. The summed E-state index contributed by atoms with van der Waals surface area (Å²) >= 11 is 0. The van der Waals surface area contributed by atoms with Crippen molar-refractivity contribution in [1.29, 1.82) is 0 Å². The number of aryl methyl sites for hydroxylation is 1. The van der Waals surface area contributed by atoms with Gasteiger partial charge >= 0.3 is 0 Å². The van der Waals surface area contributed by atoms with Crippen molar-refractivity contribution in [2.45, 2.75) is 6.92 Å². The summed E-state index contributed by atoms with van der Waals surface area (Å²) in [5, 5.41) is 9.24. The SMILES string of the molecule is Cc1cccc(OCC[N+]2(CCO)CCOCC2)c1. The van der Waals surface area contributed by atoms with E-state index in [9.17, 15) is 5.11 Å². The molecule has 0 saturated carbocycles. The minimum Gasteiger partial charge on any atom is -0.488 e. The number of hydrogen-bond acceptors (Lipinski definition) is 3. The van der Waals surface area contributed by atoms with Gasteiger partial charge in [-0.15, -0.1) is 0 Å². The lowest BCUT2D eigenvalue weighted by Crippen LogP contribution is -2.58. The van der Waals surface area contributed by atoms with E-state index in [0.717, 1.165) is 49.6 Å². The van der Waals surface area contributed by atoms with Gasteiger partial charge in [-0.3, -0.25) is 0 Å². The van der Waals surface area contributed by atoms with Crippen molar-refractivity contribution in [3.8, 4) is 5.75 Å². The lowest BCUT2D eigenvalue weighted by molar-refractivity contribution is -0.935. The van der Waals surface area contributed by atoms with Gasteiger partial charge in [-0.1, -0.05) is 12.1 Å². The van der Waals surface area contributed by atoms with Gasteiger partial charge in [0.25, 0.3) is 0 Å². The molecule has 0 aromatic heterocycles. The molecule has 1 fully saturated rings. The molecule has 19 heavy (non-hydrogen) atoms. The van der Waals surface area contributed by atoms with Crippen molar-refractivity contribution in [3.05, 3.63) is 29.8 Å². The van der Waals surface area contributed by atoms with Crippen LogP contribution in [-0.2, 0) is 4.74 Å². The molecule has 0 aliphatic carbocycles. The summed E-state index contributed by atoms with van der Waals surface area (Å²) in [5.41, 5.74) is 1.21. The maximum Gasteiger partial charge on any atom is 0.137 e. The molecule has 0 amide bonds. The highest BCUT2D eigenvalue weighted by Crippen LogP contribution is 2.14. The van der Waals surface area contributed by atoms with Gasteiger partial charge in [-0.25, -0.2) is 0 Å². The van der Waals surface area contributed by atoms with Crippen LogP contribution in [0.4, 0.5) is 0 Å². The minimum absolute atomic E-state index is 0.227. The molecule has 0 atom stereocenters. The van der Waals surface area contributed by atoms with Crippen LogP contribution in [0.15, 0.2) is 24.3 Å². The largest absolute Gasteiger partial charge is 0.488 e. The molecule has 2 rings (SSSR count). The Hall–Kier alpha value is -1.10. The molecule has 0 bridgehead atoms. The van der Waals surface area contributed by atoms with Gasteiger partial charge in [0.2, 0.25) is 0 Å². The summed E-state index contributed by atoms with van der Waals surface area (Å²) in [4.78, 5) is 0. The maximum absolute atomic E-state index is 9.24. The van der Waals surface area contributed by atoms with Gasteiger partial charge in [0, 0.05) is 0 Å². The molecule has 4 heteroatoms. The molecular formula is C15H24NO3+. The fraction of sp³-hybridized carbons (Fsp3) is 0.600. The molecule has 0 unspecified atom stereocenters. The second-order valence-electron chi connectivity index (χ2n) is 5.24. The predicted molar refractivity (Wildman–Crippen MR) is 74.3 cm³/mol. The van der Waals surface area contributed by atoms with Gasteiger partial charge in [0.1, 0.15) is 38.5 Å². The number of ether oxygens (including phenoxy) is 2. The number of hydrogen-bond donors (Lipinski definition) is 1. The number of morpholine rings is 1. The van der Waals surface area contributed by atoms with Crippen LogP contribution in [0.25, 0.3) is 0 Å². The zero-order valence-corrected chi connectivity index (χ0v) is 11.7. The number of aliphatic hydroxyl groups excluding tert-OH is 1. The first-order valence-corrected chi connectivity index (χ1v) is 6.97. The number of nitrogens with zero attached hydrogens (tertiary/aromatic N) is 1. The fourth-order valence-corrected chi connectivity index (χ4v) is 2.56. The average Bonchev–Trinajstić information content (AvgIpc) is 2.40. The van der Waals surface area contributed by atoms with Crippen molar-refractivity contribution in [3.63, 3.8) is 0 Å². The van der Waals surface area contributed by atoms with Crippen LogP contribution < -0.4 is 4.74 Å². The van der Waals surface area contributed by atoms with Crippen molar-refractivity contribution in [1.82, 2.24) is 0 Å². The van der Waals surface area contributed by atoms with E-state index in [0.29, 0.717) is 6.61 Å². The lowest BCUT2D eigenvalue weighted by Gasteiger charge is -2.40. The molecule has 1 heterocycles. The summed E-state index contributed by atoms with van der Waals surface area (Å²) in [6.07, 6.45) is 0. The van der Waals surface area contributed by atoms with Gasteiger partial charge < -0.3 is 19.1 Å². The van der Waals surface area contributed by atoms with Crippen molar-refractivity contribution >= 4 is 0 Å². The third-order valence-electron chi connectivity index (χ3n) is 3.82. The van der Waals surface area contributed by atoms with Crippen LogP contribution >= 0.6 is 0 Å². The molecule has 1 aliphatic rings. The van der Waals surface area contributed by atoms with E-state index in [1.807, 2.05) is 12.1 Å². The highest BCUT2D eigenvalue weighted by atomic mass is 16.5. The average molecular weight is 266 g/mol. The Morgan fingerprint density at radius 2 is 2.05 bits per heavy atom. The summed E-state index contributed by atoms with van der Waals surface area (Å²) in [6.45, 7) is 8.20. The third kappa shape index (κ3) is 4.20. The van der Waals surface area contributed by atoms with Gasteiger partial charge in [-0.05, 0) is 24.6 Å². The van der Waals surface area contributed by atoms with Crippen LogP contribution in [0, 0.1) is 6.92 Å². The third-order valence-corrected chi connectivity index (χ3v) is 3.82. The normalized spacial score (nSPS) is 18.2. The Labute approximate surface area is 115 Å². The number of aliphatic hydroxyl groups is 1. The van der Waals surface area contributed by atoms with Gasteiger partial charge in [-0.2, -0.15) is 0 Å². The van der Waals surface area contributed by atoms with Crippen molar-refractivity contribution in [2.75, 3.05) is 52.6 Å². The Morgan fingerprint density at radius 1 is 1.26 bits per heavy atom. The van der Waals surface area contributed by atoms with Crippen LogP contribution in [-0.4, -0.2) is 62.2 Å². The topological polar surface area (TPSA) is 38.7 Å². The summed E-state index contributed by atoms with van der Waals surface area (Å²) in [5.74, 6) is 0.926. The lowest BCUT2D eigenvalue weighted by atomic mass is 10.2. The first-order valence-electron chi connectivity index (χ1n) is 6.97. The van der Waals surface area contributed by atoms with E-state index in [-0.39, 0.29) is 6.61 Å². The Kier molecular flexibility index (Phi) is 5.19. The van der Waals surface area contributed by atoms with E-state index in [1.165, 1.54) is 5.56 Å². The molecule has 1 aliphatic heterocycles. The molecule has 1 aromatic carbocycles. The van der Waals surface area contributed by atoms with Crippen LogP contribution in [0.5, 0.6) is 5.75 Å². The quantitative estimate of drug-likeness (QED) is 0.787. The molecule has 1 aromatic rings. The monoisotopic (exact) mass is 266 g/mol. The second-order valence-corrected chi connectivity index (χ2v) is 5.24. The zero-order chi connectivity index (χ0) is 13.6. The maximum atomic E-state index is 9.24. The van der Waals surface area contributed by atoms with E-state index in [4.69, 9.17) is 9.47 Å². The molecule has 1 saturated heterocycles. The number of benzene rings is 1. The Balaban J connectivity index is 1.85. The molecule has 0 radical (unpaired) electrons. The van der Waals surface area contributed by atoms with Crippen LogP contribution in [0.2, 0.25) is 0 Å². The summed E-state index contributed by atoms with van der Waals surface area (Å²) in [7, 11) is 0. The van der Waals surface area contributed by atoms with Crippen molar-refractivity contribution in [2.24, 2.45) is 0 Å². The van der Waals surface area contributed by atoms with Crippen LogP contribution in [0.1, 0.15) is 5.56 Å². The molecule has 4 nitrogen and oxygen atoms in total. The van der Waals surface area contributed by atoms with Crippen LogP contribution in [0.3, 0.4) is 0 Å². The first-order chi connectivity index (χ1) is 9.24. The zero-order valence-electron chi connectivity index (χ0n) is 11.7. The first kappa shape index (κ1) is 14.3. The van der Waals surface area contributed by atoms with E-state index >= 15 is 0 Å². The van der Waals surface area contributed by atoms with Crippen molar-refractivity contribution < 1.29 is 19.1 Å². The Bertz CT molecular complexity index is 383. The standard InChI is InChI=1S/C15H24NO3/c1-14-3-2-4-15(13-14)19-12-8-16(5-9-17)6-10-18-11-7-16/h2-4,13,17H,5-12H2,1H3/q+1. The predicted octanol–water partition coefficient (Wildman–Crippen LogP) is 1.21. The van der Waals surface area contributed by atoms with E-state index in [2.05, 4.69) is 19.1 Å². The molecule has 1 N–H and O–H groups in total. The molecule has 106 valence electrons. The van der Waals surface area contributed by atoms with Gasteiger partial charge in [0.05, 0.1) is 19.8 Å². The van der Waals surface area contributed by atoms with E-state index < -0.39 is 0 Å². The number of quaternary nitrogens is 1. The molecular weight excluding hydrogens is 242 g/mol. The van der Waals surface area contributed by atoms with Gasteiger partial charge in [0.15, 0.2) is 0 Å². The summed E-state index contributed by atoms with van der Waals surface area (Å²) < 4.78 is 12.1. The molecule has 0 spiro atoms. The minimum atomic E-state index is 0.227. The second kappa shape index (κ2) is 6.89. The Morgan fingerprint density at radius 3 is 2.74 bits per heavy atom. The highest BCUT2D eigenvalue weighted by Gasteiger charge is 2.29. The fourth-order valence-electron chi connectivity index (χ4n) is 2.56. The number of rotatable bonds is 6.